The number of urea groups is 1. The average molecular weight is 270 g/mol. The first-order valence-electron chi connectivity index (χ1n) is 5.40. The van der Waals surface area contributed by atoms with Crippen LogP contribution in [0.25, 0.3) is 0 Å². The van der Waals surface area contributed by atoms with Crippen LogP contribution in [0.15, 0.2) is 11.2 Å². The second kappa shape index (κ2) is 6.70. The van der Waals surface area contributed by atoms with Crippen molar-refractivity contribution in [3.05, 3.63) is 25.9 Å². The highest BCUT2D eigenvalue weighted by Gasteiger charge is 2.17. The van der Waals surface area contributed by atoms with Gasteiger partial charge in [0, 0.05) is 6.07 Å². The Kier molecular flexibility index (Phi) is 5.25. The van der Waals surface area contributed by atoms with E-state index in [1.807, 2.05) is 12.3 Å². The molecule has 0 atom stereocenters. The van der Waals surface area contributed by atoms with Crippen molar-refractivity contribution in [3.8, 4) is 0 Å². The highest BCUT2D eigenvalue weighted by atomic mass is 32.1. The molecule has 1 aromatic heterocycles. The van der Waals surface area contributed by atoms with E-state index in [4.69, 9.17) is 5.73 Å². The number of primary amides is 1. The van der Waals surface area contributed by atoms with Crippen molar-refractivity contribution in [2.24, 2.45) is 10.8 Å². The van der Waals surface area contributed by atoms with Gasteiger partial charge in [-0.25, -0.2) is 10.2 Å². The van der Waals surface area contributed by atoms with Crippen LogP contribution >= 0.6 is 11.3 Å². The lowest BCUT2D eigenvalue weighted by Gasteiger charge is -1.94. The van der Waals surface area contributed by atoms with Gasteiger partial charge < -0.3 is 5.73 Å². The van der Waals surface area contributed by atoms with Crippen LogP contribution in [-0.2, 0) is 6.42 Å². The van der Waals surface area contributed by atoms with E-state index in [1.165, 1.54) is 23.6 Å². The molecule has 0 aliphatic rings. The predicted octanol–water partition coefficient (Wildman–Crippen LogP) is 2.00. The largest absolute Gasteiger partial charge is 0.350 e. The zero-order valence-electron chi connectivity index (χ0n) is 9.88. The maximum absolute atomic E-state index is 10.9. The molecule has 3 N–H and O–H groups in total. The van der Waals surface area contributed by atoms with E-state index in [2.05, 4.69) is 5.10 Å². The molecule has 7 nitrogen and oxygen atoms in total. The van der Waals surface area contributed by atoms with Gasteiger partial charge in [-0.3, -0.25) is 10.1 Å². The van der Waals surface area contributed by atoms with Crippen LogP contribution in [0.4, 0.5) is 10.5 Å². The SMILES string of the molecule is CCCCc1sc(C=NNC(N)=O)cc1[N+](=O)[O-]. The third kappa shape index (κ3) is 4.13. The Morgan fingerprint density at radius 2 is 2.44 bits per heavy atom. The lowest BCUT2D eigenvalue weighted by molar-refractivity contribution is -0.385. The summed E-state index contributed by atoms with van der Waals surface area (Å²) in [4.78, 5) is 22.2. The van der Waals surface area contributed by atoms with E-state index in [0.717, 1.165) is 17.7 Å². The van der Waals surface area contributed by atoms with Crippen molar-refractivity contribution in [2.45, 2.75) is 26.2 Å². The number of carbonyl (C=O) groups is 1. The second-order valence-corrected chi connectivity index (χ2v) is 4.72. The molecule has 8 heteroatoms. The van der Waals surface area contributed by atoms with Crippen molar-refractivity contribution in [2.75, 3.05) is 0 Å². The zero-order valence-corrected chi connectivity index (χ0v) is 10.7. The summed E-state index contributed by atoms with van der Waals surface area (Å²) in [5, 5.41) is 14.4. The summed E-state index contributed by atoms with van der Waals surface area (Å²) < 4.78 is 0. The highest BCUT2D eigenvalue weighted by molar-refractivity contribution is 7.14. The molecule has 1 rings (SSSR count). The number of hydrogen-bond donors (Lipinski definition) is 2. The first kappa shape index (κ1) is 14.1. The van der Waals surface area contributed by atoms with Crippen LogP contribution < -0.4 is 11.2 Å². The molecule has 0 radical (unpaired) electrons. The van der Waals surface area contributed by atoms with Gasteiger partial charge in [-0.15, -0.1) is 11.3 Å². The van der Waals surface area contributed by atoms with Crippen molar-refractivity contribution >= 4 is 29.3 Å². The molecule has 1 heterocycles. The molecule has 0 spiro atoms. The van der Waals surface area contributed by atoms with E-state index >= 15 is 0 Å². The van der Waals surface area contributed by atoms with Crippen molar-refractivity contribution < 1.29 is 9.72 Å². The minimum absolute atomic E-state index is 0.106. The molecule has 0 saturated carbocycles. The summed E-state index contributed by atoms with van der Waals surface area (Å²) >= 11 is 1.30. The molecule has 0 aliphatic heterocycles. The van der Waals surface area contributed by atoms with E-state index in [0.29, 0.717) is 11.3 Å². The topological polar surface area (TPSA) is 111 Å². The number of nitrogens with one attached hydrogen (secondary N) is 1. The molecule has 0 bridgehead atoms. The lowest BCUT2D eigenvalue weighted by Crippen LogP contribution is -2.24. The third-order valence-corrected chi connectivity index (χ3v) is 3.24. The number of nitrogens with zero attached hydrogens (tertiary/aromatic N) is 2. The Labute approximate surface area is 108 Å². The van der Waals surface area contributed by atoms with Crippen LogP contribution in [0.5, 0.6) is 0 Å². The summed E-state index contributed by atoms with van der Waals surface area (Å²) in [7, 11) is 0. The lowest BCUT2D eigenvalue weighted by atomic mass is 10.2. The summed E-state index contributed by atoms with van der Waals surface area (Å²) in [5.41, 5.74) is 6.98. The normalized spacial score (nSPS) is 10.7. The molecule has 1 aromatic rings. The molecule has 0 saturated heterocycles. The number of unbranched alkanes of at least 4 members (excludes halogenated alkanes) is 1. The fraction of sp³-hybridized carbons (Fsp3) is 0.400. The minimum Gasteiger partial charge on any atom is -0.350 e. The molecule has 0 unspecified atom stereocenters. The number of amides is 2. The van der Waals surface area contributed by atoms with Crippen LogP contribution in [0.2, 0.25) is 0 Å². The van der Waals surface area contributed by atoms with Gasteiger partial charge >= 0.3 is 6.03 Å². The summed E-state index contributed by atoms with van der Waals surface area (Å²) in [6, 6.07) is 0.672. The highest BCUT2D eigenvalue weighted by Crippen LogP contribution is 2.29. The van der Waals surface area contributed by atoms with Gasteiger partial charge in [0.15, 0.2) is 0 Å². The van der Waals surface area contributed by atoms with Crippen LogP contribution in [-0.4, -0.2) is 17.2 Å². The maximum atomic E-state index is 10.9. The predicted molar refractivity (Wildman–Crippen MR) is 69.9 cm³/mol. The van der Waals surface area contributed by atoms with E-state index in [1.54, 1.807) is 0 Å². The van der Waals surface area contributed by atoms with Gasteiger partial charge in [0.05, 0.1) is 20.9 Å². The van der Waals surface area contributed by atoms with E-state index in [9.17, 15) is 14.9 Å². The molecular weight excluding hydrogens is 256 g/mol. The van der Waals surface area contributed by atoms with E-state index < -0.39 is 11.0 Å². The van der Waals surface area contributed by atoms with Gasteiger partial charge in [-0.2, -0.15) is 5.10 Å². The monoisotopic (exact) mass is 270 g/mol. The number of nitrogens with two attached hydrogens (primary N) is 1. The maximum Gasteiger partial charge on any atom is 0.332 e. The van der Waals surface area contributed by atoms with E-state index in [-0.39, 0.29) is 5.69 Å². The van der Waals surface area contributed by atoms with Gasteiger partial charge in [0.1, 0.15) is 0 Å². The molecule has 0 fully saturated rings. The van der Waals surface area contributed by atoms with Gasteiger partial charge in [0.2, 0.25) is 0 Å². The van der Waals surface area contributed by atoms with Crippen LogP contribution in [0, 0.1) is 10.1 Å². The Balaban J connectivity index is 2.84. The Hall–Kier alpha value is -1.96. The summed E-state index contributed by atoms with van der Waals surface area (Å²) in [6.07, 6.45) is 3.89. The number of carbonyl (C=O) groups excluding carboxylic acids is 1. The number of thiophene rings is 1. The van der Waals surface area contributed by atoms with Crippen molar-refractivity contribution in [3.63, 3.8) is 0 Å². The zero-order chi connectivity index (χ0) is 13.5. The number of nitro groups is 1. The molecule has 18 heavy (non-hydrogen) atoms. The fourth-order valence-corrected chi connectivity index (χ4v) is 2.38. The average Bonchev–Trinajstić information content (AvgIpc) is 2.69. The molecule has 2 amide bonds. The minimum atomic E-state index is -0.775. The quantitative estimate of drug-likeness (QED) is 0.468. The Morgan fingerprint density at radius 1 is 1.72 bits per heavy atom. The third-order valence-electron chi connectivity index (χ3n) is 2.13. The molecular formula is C10H14N4O3S. The molecule has 0 aromatic carbocycles. The number of aryl methyl sites for hydroxylation is 1. The first-order chi connectivity index (χ1) is 8.54. The van der Waals surface area contributed by atoms with Crippen LogP contribution in [0.3, 0.4) is 0 Å². The fourth-order valence-electron chi connectivity index (χ4n) is 1.33. The van der Waals surface area contributed by atoms with Crippen molar-refractivity contribution in [1.29, 1.82) is 0 Å². The standard InChI is InChI=1S/C10H14N4O3S/c1-2-3-4-9-8(14(16)17)5-7(18-9)6-12-13-10(11)15/h5-6H,2-4H2,1H3,(H3,11,13,15). The number of hydrazone groups is 1. The summed E-state index contributed by atoms with van der Waals surface area (Å²) in [6.45, 7) is 2.03. The first-order valence-corrected chi connectivity index (χ1v) is 6.21. The smallest absolute Gasteiger partial charge is 0.332 e. The van der Waals surface area contributed by atoms with Gasteiger partial charge in [-0.1, -0.05) is 13.3 Å². The van der Waals surface area contributed by atoms with Crippen molar-refractivity contribution in [1.82, 2.24) is 5.43 Å². The number of hydrogen-bond acceptors (Lipinski definition) is 5. The molecule has 0 aliphatic carbocycles. The summed E-state index contributed by atoms with van der Waals surface area (Å²) in [5.74, 6) is 0. The van der Waals surface area contributed by atoms with Gasteiger partial charge in [0.25, 0.3) is 5.69 Å². The second-order valence-electron chi connectivity index (χ2n) is 3.55. The molecule has 98 valence electrons. The number of rotatable bonds is 6. The Bertz CT molecular complexity index is 470. The van der Waals surface area contributed by atoms with Gasteiger partial charge in [-0.05, 0) is 12.8 Å². The Morgan fingerprint density at radius 3 is 3.00 bits per heavy atom. The van der Waals surface area contributed by atoms with Crippen LogP contribution in [0.1, 0.15) is 29.5 Å².